The van der Waals surface area contributed by atoms with Crippen LogP contribution in [0.3, 0.4) is 0 Å². The zero-order valence-electron chi connectivity index (χ0n) is 12.8. The Morgan fingerprint density at radius 3 is 2.73 bits per heavy atom. The second-order valence-corrected chi connectivity index (χ2v) is 6.46. The maximum absolute atomic E-state index is 12.8. The van der Waals surface area contributed by atoms with Gasteiger partial charge in [-0.25, -0.2) is 0 Å². The van der Waals surface area contributed by atoms with Crippen molar-refractivity contribution in [3.05, 3.63) is 52.9 Å². The molecule has 4 rings (SSSR count). The molecule has 1 amide bonds. The fraction of sp³-hybridized carbons (Fsp3) is 0.444. The highest BCUT2D eigenvalue weighted by molar-refractivity contribution is 5.92. The Balaban J connectivity index is 1.56. The Morgan fingerprint density at radius 2 is 2.00 bits per heavy atom. The third-order valence-electron chi connectivity index (χ3n) is 4.70. The van der Waals surface area contributed by atoms with Gasteiger partial charge in [0.25, 0.3) is 5.91 Å². The van der Waals surface area contributed by atoms with Gasteiger partial charge in [0, 0.05) is 18.5 Å². The molecule has 0 spiro atoms. The number of hydrogen-bond acceptors (Lipinski definition) is 3. The number of rotatable bonds is 3. The Bertz CT molecular complexity index is 685. The maximum atomic E-state index is 12.8. The molecule has 0 unspecified atom stereocenters. The summed E-state index contributed by atoms with van der Waals surface area (Å²) < 4.78 is 5.33. The van der Waals surface area contributed by atoms with Gasteiger partial charge in [0.15, 0.2) is 5.69 Å². The van der Waals surface area contributed by atoms with Crippen molar-refractivity contribution in [2.75, 3.05) is 6.54 Å². The summed E-state index contributed by atoms with van der Waals surface area (Å²) in [6.45, 7) is 2.87. The minimum Gasteiger partial charge on any atom is -0.360 e. The number of hydrogen-bond donors (Lipinski definition) is 0. The molecule has 4 nitrogen and oxygen atoms in total. The van der Waals surface area contributed by atoms with Gasteiger partial charge in [-0.15, -0.1) is 0 Å². The van der Waals surface area contributed by atoms with Crippen LogP contribution in [0.15, 0.2) is 34.9 Å². The van der Waals surface area contributed by atoms with E-state index >= 15 is 0 Å². The molecule has 2 aromatic rings. The van der Waals surface area contributed by atoms with Gasteiger partial charge < -0.3 is 9.42 Å². The lowest BCUT2D eigenvalue weighted by molar-refractivity contribution is 0.0725. The highest BCUT2D eigenvalue weighted by Crippen LogP contribution is 2.40. The number of benzene rings is 1. The molecule has 2 aliphatic rings. The van der Waals surface area contributed by atoms with E-state index in [1.165, 1.54) is 11.1 Å². The van der Waals surface area contributed by atoms with E-state index in [0.29, 0.717) is 11.6 Å². The second-order valence-electron chi connectivity index (χ2n) is 6.46. The molecule has 1 aromatic carbocycles. The van der Waals surface area contributed by atoms with Crippen LogP contribution in [0.5, 0.6) is 0 Å². The molecular formula is C18H20N2O2. The maximum Gasteiger partial charge on any atom is 0.276 e. The molecule has 1 atom stereocenters. The summed E-state index contributed by atoms with van der Waals surface area (Å²) in [5.74, 6) is 1.36. The SMILES string of the molecule is Cc1ccc([C@H]2CCCN2C(=O)c2cc(C3CC3)on2)cc1. The first-order valence-corrected chi connectivity index (χ1v) is 8.06. The average molecular weight is 296 g/mol. The predicted molar refractivity (Wildman–Crippen MR) is 82.7 cm³/mol. The topological polar surface area (TPSA) is 46.3 Å². The molecule has 0 bridgehead atoms. The lowest BCUT2D eigenvalue weighted by Crippen LogP contribution is -2.30. The van der Waals surface area contributed by atoms with Crippen LogP contribution in [-0.4, -0.2) is 22.5 Å². The Kier molecular flexibility index (Phi) is 3.25. The number of aryl methyl sites for hydroxylation is 1. The summed E-state index contributed by atoms with van der Waals surface area (Å²) in [4.78, 5) is 14.7. The third-order valence-corrected chi connectivity index (χ3v) is 4.70. The van der Waals surface area contributed by atoms with E-state index in [-0.39, 0.29) is 11.9 Å². The normalized spacial score (nSPS) is 21.3. The zero-order valence-corrected chi connectivity index (χ0v) is 12.8. The van der Waals surface area contributed by atoms with Crippen LogP contribution in [0.4, 0.5) is 0 Å². The first-order valence-electron chi connectivity index (χ1n) is 8.06. The van der Waals surface area contributed by atoms with Crippen LogP contribution in [0, 0.1) is 6.92 Å². The first-order chi connectivity index (χ1) is 10.7. The zero-order chi connectivity index (χ0) is 15.1. The quantitative estimate of drug-likeness (QED) is 0.864. The number of carbonyl (C=O) groups excluding carboxylic acids is 1. The van der Waals surface area contributed by atoms with Crippen LogP contribution in [0.25, 0.3) is 0 Å². The fourth-order valence-corrected chi connectivity index (χ4v) is 3.24. The molecule has 0 N–H and O–H groups in total. The van der Waals surface area contributed by atoms with Crippen molar-refractivity contribution < 1.29 is 9.32 Å². The number of likely N-dealkylation sites (tertiary alicyclic amines) is 1. The smallest absolute Gasteiger partial charge is 0.276 e. The van der Waals surface area contributed by atoms with Crippen LogP contribution in [0.1, 0.15) is 65.0 Å². The van der Waals surface area contributed by atoms with Gasteiger partial charge in [-0.1, -0.05) is 35.0 Å². The number of amides is 1. The second kappa shape index (κ2) is 5.27. The molecular weight excluding hydrogens is 276 g/mol. The summed E-state index contributed by atoms with van der Waals surface area (Å²) in [7, 11) is 0. The summed E-state index contributed by atoms with van der Waals surface area (Å²) in [5.41, 5.74) is 2.91. The van der Waals surface area contributed by atoms with Gasteiger partial charge >= 0.3 is 0 Å². The van der Waals surface area contributed by atoms with Gasteiger partial charge in [0.05, 0.1) is 6.04 Å². The monoisotopic (exact) mass is 296 g/mol. The largest absolute Gasteiger partial charge is 0.360 e. The van der Waals surface area contributed by atoms with Gasteiger partial charge in [-0.3, -0.25) is 4.79 Å². The van der Waals surface area contributed by atoms with E-state index in [1.807, 2.05) is 11.0 Å². The molecule has 1 aromatic heterocycles. The number of nitrogens with zero attached hydrogens (tertiary/aromatic N) is 2. The molecule has 2 fully saturated rings. The Morgan fingerprint density at radius 1 is 1.23 bits per heavy atom. The molecule has 1 saturated heterocycles. The van der Waals surface area contributed by atoms with Crippen molar-refractivity contribution in [2.24, 2.45) is 0 Å². The van der Waals surface area contributed by atoms with Crippen LogP contribution >= 0.6 is 0 Å². The van der Waals surface area contributed by atoms with Crippen molar-refractivity contribution in [2.45, 2.75) is 44.6 Å². The molecule has 0 radical (unpaired) electrons. The highest BCUT2D eigenvalue weighted by atomic mass is 16.5. The minimum atomic E-state index is -0.00118. The van der Waals surface area contributed by atoms with E-state index in [9.17, 15) is 4.79 Å². The van der Waals surface area contributed by atoms with E-state index in [4.69, 9.17) is 4.52 Å². The van der Waals surface area contributed by atoms with Gasteiger partial charge in [0.2, 0.25) is 0 Å². The molecule has 2 heterocycles. The summed E-state index contributed by atoms with van der Waals surface area (Å²) in [6.07, 6.45) is 4.36. The minimum absolute atomic E-state index is 0.00118. The third kappa shape index (κ3) is 2.43. The van der Waals surface area contributed by atoms with E-state index in [1.54, 1.807) is 0 Å². The lowest BCUT2D eigenvalue weighted by atomic mass is 10.0. The van der Waals surface area contributed by atoms with E-state index in [0.717, 1.165) is 38.0 Å². The van der Waals surface area contributed by atoms with Crippen LogP contribution in [-0.2, 0) is 0 Å². The van der Waals surface area contributed by atoms with Crippen LogP contribution < -0.4 is 0 Å². The van der Waals surface area contributed by atoms with Gasteiger partial charge in [0.1, 0.15) is 5.76 Å². The summed E-state index contributed by atoms with van der Waals surface area (Å²) in [6, 6.07) is 10.5. The van der Waals surface area contributed by atoms with Crippen molar-refractivity contribution in [1.29, 1.82) is 0 Å². The lowest BCUT2D eigenvalue weighted by Gasteiger charge is -2.24. The average Bonchev–Trinajstić information content (AvgIpc) is 3.08. The first kappa shape index (κ1) is 13.6. The Hall–Kier alpha value is -2.10. The molecule has 114 valence electrons. The summed E-state index contributed by atoms with van der Waals surface area (Å²) in [5, 5.41) is 4.00. The molecule has 1 saturated carbocycles. The van der Waals surface area contributed by atoms with Gasteiger partial charge in [-0.05, 0) is 38.2 Å². The molecule has 22 heavy (non-hydrogen) atoms. The molecule has 4 heteroatoms. The number of aromatic nitrogens is 1. The van der Waals surface area contributed by atoms with Crippen LogP contribution in [0.2, 0.25) is 0 Å². The fourth-order valence-electron chi connectivity index (χ4n) is 3.24. The van der Waals surface area contributed by atoms with Crippen molar-refractivity contribution in [1.82, 2.24) is 10.1 Å². The Labute approximate surface area is 130 Å². The number of carbonyl (C=O) groups is 1. The molecule has 1 aliphatic carbocycles. The van der Waals surface area contributed by atoms with Crippen molar-refractivity contribution in [3.63, 3.8) is 0 Å². The van der Waals surface area contributed by atoms with Crippen molar-refractivity contribution in [3.8, 4) is 0 Å². The molecule has 1 aliphatic heterocycles. The predicted octanol–water partition coefficient (Wildman–Crippen LogP) is 3.84. The standard InChI is InChI=1S/C18H20N2O2/c1-12-4-6-13(7-5-12)16-3-2-10-20(16)18(21)15-11-17(22-19-15)14-8-9-14/h4-7,11,14,16H,2-3,8-10H2,1H3/t16-/m1/s1. The van der Waals surface area contributed by atoms with Crippen molar-refractivity contribution >= 4 is 5.91 Å². The highest BCUT2D eigenvalue weighted by Gasteiger charge is 2.34. The van der Waals surface area contributed by atoms with E-state index in [2.05, 4.69) is 36.3 Å². The van der Waals surface area contributed by atoms with Gasteiger partial charge in [-0.2, -0.15) is 0 Å². The van der Waals surface area contributed by atoms with E-state index < -0.39 is 0 Å². The summed E-state index contributed by atoms with van der Waals surface area (Å²) >= 11 is 0.